The van der Waals surface area contributed by atoms with Gasteiger partial charge in [0.2, 0.25) is 0 Å². The lowest BCUT2D eigenvalue weighted by Gasteiger charge is -1.99. The quantitative estimate of drug-likeness (QED) is 0.622. The Labute approximate surface area is 71.7 Å². The molecule has 1 rings (SSSR count). The summed E-state index contributed by atoms with van der Waals surface area (Å²) < 4.78 is 6.86. The van der Waals surface area contributed by atoms with Gasteiger partial charge in [-0.25, -0.2) is 0 Å². The zero-order valence-corrected chi connectivity index (χ0v) is 7.45. The Morgan fingerprint density at radius 3 is 3.08 bits per heavy atom. The number of ether oxygens (including phenoxy) is 1. The van der Waals surface area contributed by atoms with Crippen LogP contribution in [0.4, 0.5) is 0 Å². The van der Waals surface area contributed by atoms with Gasteiger partial charge in [0.15, 0.2) is 0 Å². The maximum absolute atomic E-state index is 5.25. The van der Waals surface area contributed by atoms with Crippen molar-refractivity contribution in [3.63, 3.8) is 0 Å². The van der Waals surface area contributed by atoms with Gasteiger partial charge in [0.05, 0.1) is 6.61 Å². The Hall–Kier alpha value is -1.10. The zero-order chi connectivity index (χ0) is 8.81. The number of nitrogens with zero attached hydrogens (tertiary/aromatic N) is 3. The van der Waals surface area contributed by atoms with Crippen molar-refractivity contribution in [2.45, 2.75) is 6.42 Å². The second-order valence-electron chi connectivity index (χ2n) is 2.51. The fourth-order valence-corrected chi connectivity index (χ4v) is 0.798. The lowest BCUT2D eigenvalue weighted by atomic mass is 10.4. The van der Waals surface area contributed by atoms with Gasteiger partial charge in [-0.15, -0.1) is 5.10 Å². The molecule has 0 aliphatic rings. The maximum Gasteiger partial charge on any atom is 0.335 e. The molecule has 0 saturated carbocycles. The number of hydrogen-bond donors (Lipinski definition) is 1. The van der Waals surface area contributed by atoms with Crippen LogP contribution in [0.25, 0.3) is 0 Å². The Bertz CT molecular complexity index is 223. The van der Waals surface area contributed by atoms with Crippen LogP contribution in [0.15, 0.2) is 6.33 Å². The van der Waals surface area contributed by atoms with Gasteiger partial charge in [0.25, 0.3) is 0 Å². The van der Waals surface area contributed by atoms with E-state index in [1.165, 1.54) is 0 Å². The van der Waals surface area contributed by atoms with Gasteiger partial charge >= 0.3 is 6.01 Å². The fraction of sp³-hybridized carbons (Fsp3) is 0.714. The predicted octanol–water partition coefficient (Wildman–Crippen LogP) is -0.197. The van der Waals surface area contributed by atoms with Crippen LogP contribution >= 0.6 is 0 Å². The molecule has 1 aromatic rings. The molecule has 1 heterocycles. The molecular weight excluding hydrogens is 156 g/mol. The van der Waals surface area contributed by atoms with E-state index in [-0.39, 0.29) is 0 Å². The standard InChI is InChI=1S/C7H14N4O/c1-8-4-3-5-12-7-9-6-11(2)10-7/h6,8H,3-5H2,1-2H3. The third-order valence-corrected chi connectivity index (χ3v) is 1.38. The molecule has 0 atom stereocenters. The molecule has 1 N–H and O–H groups in total. The van der Waals surface area contributed by atoms with Crippen molar-refractivity contribution in [3.05, 3.63) is 6.33 Å². The van der Waals surface area contributed by atoms with E-state index in [1.807, 2.05) is 14.1 Å². The van der Waals surface area contributed by atoms with Crippen LogP contribution in [0.5, 0.6) is 6.01 Å². The molecule has 0 aromatic carbocycles. The molecule has 0 bridgehead atoms. The number of nitrogens with one attached hydrogen (secondary N) is 1. The Morgan fingerprint density at radius 1 is 1.67 bits per heavy atom. The molecule has 0 radical (unpaired) electrons. The monoisotopic (exact) mass is 170 g/mol. The topological polar surface area (TPSA) is 52.0 Å². The second-order valence-corrected chi connectivity index (χ2v) is 2.51. The second kappa shape index (κ2) is 4.71. The third-order valence-electron chi connectivity index (χ3n) is 1.38. The summed E-state index contributed by atoms with van der Waals surface area (Å²) in [5.41, 5.74) is 0. The summed E-state index contributed by atoms with van der Waals surface area (Å²) in [6, 6.07) is 0.452. The predicted molar refractivity (Wildman–Crippen MR) is 45.0 cm³/mol. The van der Waals surface area contributed by atoms with Crippen molar-refractivity contribution in [1.82, 2.24) is 20.1 Å². The molecule has 0 unspecified atom stereocenters. The Kier molecular flexibility index (Phi) is 3.53. The van der Waals surface area contributed by atoms with Crippen LogP contribution in [-0.2, 0) is 7.05 Å². The molecule has 0 spiro atoms. The van der Waals surface area contributed by atoms with Crippen molar-refractivity contribution >= 4 is 0 Å². The first-order chi connectivity index (χ1) is 5.83. The van der Waals surface area contributed by atoms with Gasteiger partial charge in [0, 0.05) is 7.05 Å². The zero-order valence-electron chi connectivity index (χ0n) is 7.45. The van der Waals surface area contributed by atoms with Gasteiger partial charge in [-0.05, 0) is 20.0 Å². The normalized spacial score (nSPS) is 10.2. The molecule has 0 amide bonds. The summed E-state index contributed by atoms with van der Waals surface area (Å²) in [5, 5.41) is 7.00. The molecular formula is C7H14N4O. The van der Waals surface area contributed by atoms with Crippen molar-refractivity contribution < 1.29 is 4.74 Å². The summed E-state index contributed by atoms with van der Waals surface area (Å²) in [6.45, 7) is 1.61. The van der Waals surface area contributed by atoms with Crippen LogP contribution in [0.2, 0.25) is 0 Å². The van der Waals surface area contributed by atoms with Crippen molar-refractivity contribution in [2.24, 2.45) is 7.05 Å². The summed E-state index contributed by atoms with van der Waals surface area (Å²) in [5.74, 6) is 0. The molecule has 1 aromatic heterocycles. The van der Waals surface area contributed by atoms with Gasteiger partial charge in [-0.2, -0.15) is 4.98 Å². The molecule has 68 valence electrons. The highest BCUT2D eigenvalue weighted by molar-refractivity contribution is 4.86. The van der Waals surface area contributed by atoms with E-state index in [2.05, 4.69) is 15.4 Å². The van der Waals surface area contributed by atoms with Crippen LogP contribution in [-0.4, -0.2) is 35.0 Å². The van der Waals surface area contributed by atoms with Crippen LogP contribution in [0.3, 0.4) is 0 Å². The summed E-state index contributed by atoms with van der Waals surface area (Å²) in [7, 11) is 3.73. The van der Waals surface area contributed by atoms with Gasteiger partial charge < -0.3 is 10.1 Å². The first-order valence-electron chi connectivity index (χ1n) is 3.96. The number of hydrogen-bond acceptors (Lipinski definition) is 4. The Morgan fingerprint density at radius 2 is 2.50 bits per heavy atom. The largest absolute Gasteiger partial charge is 0.462 e. The number of rotatable bonds is 5. The summed E-state index contributed by atoms with van der Waals surface area (Å²) in [4.78, 5) is 3.92. The molecule has 0 saturated heterocycles. The minimum absolute atomic E-state index is 0.452. The molecule has 0 fully saturated rings. The maximum atomic E-state index is 5.25. The van der Waals surface area contributed by atoms with Crippen LogP contribution in [0.1, 0.15) is 6.42 Å². The van der Waals surface area contributed by atoms with E-state index in [1.54, 1.807) is 11.0 Å². The van der Waals surface area contributed by atoms with Crippen LogP contribution in [0, 0.1) is 0 Å². The molecule has 5 heteroatoms. The third kappa shape index (κ3) is 2.87. The SMILES string of the molecule is CNCCCOc1ncn(C)n1. The van der Waals surface area contributed by atoms with E-state index in [9.17, 15) is 0 Å². The van der Waals surface area contributed by atoms with Gasteiger partial charge in [-0.1, -0.05) is 0 Å². The van der Waals surface area contributed by atoms with Crippen molar-refractivity contribution in [3.8, 4) is 6.01 Å². The molecule has 12 heavy (non-hydrogen) atoms. The fourth-order valence-electron chi connectivity index (χ4n) is 0.798. The van der Waals surface area contributed by atoms with E-state index >= 15 is 0 Å². The van der Waals surface area contributed by atoms with Crippen molar-refractivity contribution in [1.29, 1.82) is 0 Å². The average molecular weight is 170 g/mol. The highest BCUT2D eigenvalue weighted by Crippen LogP contribution is 1.97. The lowest BCUT2D eigenvalue weighted by Crippen LogP contribution is -2.11. The molecule has 5 nitrogen and oxygen atoms in total. The van der Waals surface area contributed by atoms with Crippen molar-refractivity contribution in [2.75, 3.05) is 20.2 Å². The number of aromatic nitrogens is 3. The summed E-state index contributed by atoms with van der Waals surface area (Å²) in [6.07, 6.45) is 2.59. The molecule has 0 aliphatic heterocycles. The van der Waals surface area contributed by atoms with E-state index in [0.717, 1.165) is 13.0 Å². The summed E-state index contributed by atoms with van der Waals surface area (Å²) >= 11 is 0. The highest BCUT2D eigenvalue weighted by Gasteiger charge is 1.97. The van der Waals surface area contributed by atoms with Gasteiger partial charge in [0.1, 0.15) is 6.33 Å². The Balaban J connectivity index is 2.15. The smallest absolute Gasteiger partial charge is 0.335 e. The highest BCUT2D eigenvalue weighted by atomic mass is 16.5. The van der Waals surface area contributed by atoms with E-state index in [4.69, 9.17) is 4.74 Å². The van der Waals surface area contributed by atoms with E-state index < -0.39 is 0 Å². The van der Waals surface area contributed by atoms with Crippen LogP contribution < -0.4 is 10.1 Å². The minimum atomic E-state index is 0.452. The van der Waals surface area contributed by atoms with Gasteiger partial charge in [-0.3, -0.25) is 4.68 Å². The minimum Gasteiger partial charge on any atom is -0.462 e. The molecule has 0 aliphatic carbocycles. The lowest BCUT2D eigenvalue weighted by molar-refractivity contribution is 0.285. The first-order valence-corrected chi connectivity index (χ1v) is 3.96. The first kappa shape index (κ1) is 8.99. The van der Waals surface area contributed by atoms with E-state index in [0.29, 0.717) is 12.6 Å². The number of aryl methyl sites for hydroxylation is 1. The average Bonchev–Trinajstić information content (AvgIpc) is 2.45.